The summed E-state index contributed by atoms with van der Waals surface area (Å²) >= 11 is 0. The van der Waals surface area contributed by atoms with Gasteiger partial charge < -0.3 is 24.8 Å². The van der Waals surface area contributed by atoms with Crippen molar-refractivity contribution in [3.63, 3.8) is 0 Å². The number of rotatable bonds is 6. The summed E-state index contributed by atoms with van der Waals surface area (Å²) in [6.45, 7) is 3.53. The molecule has 0 atom stereocenters. The molecule has 1 aliphatic heterocycles. The van der Waals surface area contributed by atoms with E-state index in [0.29, 0.717) is 25.4 Å². The lowest BCUT2D eigenvalue weighted by atomic mass is 10.2. The van der Waals surface area contributed by atoms with Crippen LogP contribution in [0.4, 0.5) is 4.79 Å². The average Bonchev–Trinajstić information content (AvgIpc) is 3.06. The summed E-state index contributed by atoms with van der Waals surface area (Å²) in [5.74, 6) is 2.24. The highest BCUT2D eigenvalue weighted by molar-refractivity contribution is 5.73. The summed E-state index contributed by atoms with van der Waals surface area (Å²) in [4.78, 5) is 11.8. The maximum Gasteiger partial charge on any atom is 0.315 e. The van der Waals surface area contributed by atoms with Crippen molar-refractivity contribution in [1.82, 2.24) is 10.6 Å². The molecule has 0 saturated heterocycles. The molecular weight excluding hydrogens is 308 g/mol. The Labute approximate surface area is 140 Å². The monoisotopic (exact) mass is 328 g/mol. The molecule has 0 radical (unpaired) electrons. The predicted molar refractivity (Wildman–Crippen MR) is 89.5 cm³/mol. The molecule has 0 fully saturated rings. The largest absolute Gasteiger partial charge is 0.492 e. The average molecular weight is 328 g/mol. The summed E-state index contributed by atoms with van der Waals surface area (Å²) in [6, 6.07) is 13.2. The Morgan fingerprint density at radius 1 is 1.08 bits per heavy atom. The number of benzene rings is 2. The zero-order chi connectivity index (χ0) is 16.8. The zero-order valence-electron chi connectivity index (χ0n) is 13.5. The van der Waals surface area contributed by atoms with Crippen LogP contribution >= 0.6 is 0 Å². The summed E-state index contributed by atoms with van der Waals surface area (Å²) in [5.41, 5.74) is 2.13. The quantitative estimate of drug-likeness (QED) is 0.800. The molecule has 0 bridgehead atoms. The van der Waals surface area contributed by atoms with Crippen molar-refractivity contribution < 1.29 is 19.0 Å². The Hall–Kier alpha value is -2.89. The molecule has 0 spiro atoms. The molecule has 1 heterocycles. The molecule has 126 valence electrons. The van der Waals surface area contributed by atoms with E-state index in [-0.39, 0.29) is 12.8 Å². The van der Waals surface area contributed by atoms with Crippen LogP contribution < -0.4 is 24.8 Å². The number of hydrogen-bond acceptors (Lipinski definition) is 4. The van der Waals surface area contributed by atoms with Gasteiger partial charge in [-0.3, -0.25) is 0 Å². The number of carbonyl (C=O) groups is 1. The van der Waals surface area contributed by atoms with Crippen LogP contribution in [0.15, 0.2) is 42.5 Å². The molecule has 2 aromatic rings. The first-order valence-corrected chi connectivity index (χ1v) is 7.80. The molecule has 6 nitrogen and oxygen atoms in total. The van der Waals surface area contributed by atoms with Gasteiger partial charge in [-0.25, -0.2) is 4.79 Å². The lowest BCUT2D eigenvalue weighted by Crippen LogP contribution is -2.37. The van der Waals surface area contributed by atoms with Crippen LogP contribution in [0.3, 0.4) is 0 Å². The molecule has 0 aromatic heterocycles. The van der Waals surface area contributed by atoms with Crippen LogP contribution in [0.1, 0.15) is 11.1 Å². The second kappa shape index (κ2) is 7.59. The second-order valence-electron chi connectivity index (χ2n) is 5.46. The molecule has 0 aliphatic carbocycles. The molecule has 6 heteroatoms. The fraction of sp³-hybridized carbons (Fsp3) is 0.278. The van der Waals surface area contributed by atoms with Crippen molar-refractivity contribution in [2.75, 3.05) is 19.9 Å². The van der Waals surface area contributed by atoms with Gasteiger partial charge in [0.05, 0.1) is 6.54 Å². The molecule has 3 rings (SSSR count). The smallest absolute Gasteiger partial charge is 0.315 e. The summed E-state index contributed by atoms with van der Waals surface area (Å²) < 4.78 is 16.1. The number of nitrogens with one attached hydrogen (secondary N) is 2. The van der Waals surface area contributed by atoms with E-state index in [9.17, 15) is 4.79 Å². The molecule has 24 heavy (non-hydrogen) atoms. The summed E-state index contributed by atoms with van der Waals surface area (Å²) in [6.07, 6.45) is 0. The Kier molecular flexibility index (Phi) is 5.05. The van der Waals surface area contributed by atoms with Gasteiger partial charge in [-0.15, -0.1) is 0 Å². The van der Waals surface area contributed by atoms with Crippen molar-refractivity contribution in [3.05, 3.63) is 53.6 Å². The van der Waals surface area contributed by atoms with Gasteiger partial charge in [0.15, 0.2) is 11.5 Å². The van der Waals surface area contributed by atoms with E-state index in [1.807, 2.05) is 49.4 Å². The van der Waals surface area contributed by atoms with Gasteiger partial charge in [-0.05, 0) is 36.8 Å². The van der Waals surface area contributed by atoms with E-state index in [0.717, 1.165) is 17.1 Å². The number of amides is 2. The van der Waals surface area contributed by atoms with Crippen molar-refractivity contribution in [2.45, 2.75) is 13.5 Å². The summed E-state index contributed by atoms with van der Waals surface area (Å²) in [5, 5.41) is 5.55. The first-order chi connectivity index (χ1) is 11.7. The van der Waals surface area contributed by atoms with E-state index >= 15 is 0 Å². The van der Waals surface area contributed by atoms with Gasteiger partial charge in [0.1, 0.15) is 12.4 Å². The molecule has 0 unspecified atom stereocenters. The van der Waals surface area contributed by atoms with E-state index in [1.54, 1.807) is 0 Å². The lowest BCUT2D eigenvalue weighted by Gasteiger charge is -2.09. The molecule has 1 aliphatic rings. The number of ether oxygens (including phenoxy) is 3. The molecule has 0 saturated carbocycles. The minimum absolute atomic E-state index is 0.236. The number of urea groups is 1. The fourth-order valence-electron chi connectivity index (χ4n) is 2.26. The first-order valence-electron chi connectivity index (χ1n) is 7.80. The van der Waals surface area contributed by atoms with Gasteiger partial charge in [0.2, 0.25) is 6.79 Å². The van der Waals surface area contributed by atoms with E-state index in [4.69, 9.17) is 14.2 Å². The minimum Gasteiger partial charge on any atom is -0.492 e. The number of hydrogen-bond donors (Lipinski definition) is 2. The fourth-order valence-corrected chi connectivity index (χ4v) is 2.26. The van der Waals surface area contributed by atoms with Crippen LogP contribution in [0.5, 0.6) is 17.2 Å². The minimum atomic E-state index is -0.236. The van der Waals surface area contributed by atoms with Crippen molar-refractivity contribution >= 4 is 6.03 Å². The third kappa shape index (κ3) is 4.32. The number of carbonyl (C=O) groups excluding carboxylic acids is 1. The highest BCUT2D eigenvalue weighted by Gasteiger charge is 2.13. The van der Waals surface area contributed by atoms with E-state index in [2.05, 4.69) is 10.6 Å². The standard InChI is InChI=1S/C18H20N2O4/c1-13-2-5-15(6-3-13)22-9-8-19-18(21)20-11-14-4-7-16-17(10-14)24-12-23-16/h2-7,10H,8-9,11-12H2,1H3,(H2,19,20,21). The van der Waals surface area contributed by atoms with Crippen LogP contribution in [0.25, 0.3) is 0 Å². The highest BCUT2D eigenvalue weighted by atomic mass is 16.7. The van der Waals surface area contributed by atoms with E-state index in [1.165, 1.54) is 5.56 Å². The van der Waals surface area contributed by atoms with Crippen LogP contribution in [0, 0.1) is 6.92 Å². The second-order valence-corrected chi connectivity index (χ2v) is 5.46. The zero-order valence-corrected chi connectivity index (χ0v) is 13.5. The first kappa shape index (κ1) is 16.0. The molecule has 2 N–H and O–H groups in total. The predicted octanol–water partition coefficient (Wildman–Crippen LogP) is 2.60. The highest BCUT2D eigenvalue weighted by Crippen LogP contribution is 2.32. The maximum atomic E-state index is 11.8. The third-order valence-electron chi connectivity index (χ3n) is 3.57. The maximum absolute atomic E-state index is 11.8. The van der Waals surface area contributed by atoms with Crippen molar-refractivity contribution in [1.29, 1.82) is 0 Å². The Morgan fingerprint density at radius 2 is 1.88 bits per heavy atom. The van der Waals surface area contributed by atoms with Gasteiger partial charge in [-0.2, -0.15) is 0 Å². The van der Waals surface area contributed by atoms with Gasteiger partial charge in [0.25, 0.3) is 0 Å². The van der Waals surface area contributed by atoms with Crippen LogP contribution in [-0.2, 0) is 6.54 Å². The van der Waals surface area contributed by atoms with Gasteiger partial charge >= 0.3 is 6.03 Å². The van der Waals surface area contributed by atoms with Crippen molar-refractivity contribution in [2.24, 2.45) is 0 Å². The van der Waals surface area contributed by atoms with Gasteiger partial charge in [0, 0.05) is 6.54 Å². The Morgan fingerprint density at radius 3 is 2.71 bits per heavy atom. The molecule has 2 amide bonds. The third-order valence-corrected chi connectivity index (χ3v) is 3.57. The number of fused-ring (bicyclic) bond motifs is 1. The SMILES string of the molecule is Cc1ccc(OCCNC(=O)NCc2ccc3c(c2)OCO3)cc1. The normalized spacial score (nSPS) is 11.9. The van der Waals surface area contributed by atoms with Crippen LogP contribution in [-0.4, -0.2) is 26.0 Å². The summed E-state index contributed by atoms with van der Waals surface area (Å²) in [7, 11) is 0. The van der Waals surface area contributed by atoms with Crippen molar-refractivity contribution in [3.8, 4) is 17.2 Å². The van der Waals surface area contributed by atoms with E-state index < -0.39 is 0 Å². The number of aryl methyl sites for hydroxylation is 1. The molecular formula is C18H20N2O4. The van der Waals surface area contributed by atoms with Crippen LogP contribution in [0.2, 0.25) is 0 Å². The topological polar surface area (TPSA) is 68.8 Å². The van der Waals surface area contributed by atoms with Gasteiger partial charge in [-0.1, -0.05) is 23.8 Å². The Balaban J connectivity index is 1.34. The molecule has 2 aromatic carbocycles. The lowest BCUT2D eigenvalue weighted by molar-refractivity contribution is 0.174. The Bertz CT molecular complexity index is 701.